The average molecular weight is 380 g/mol. The van der Waals surface area contributed by atoms with Gasteiger partial charge >= 0.3 is 5.97 Å². The molecule has 0 spiro atoms. The van der Waals surface area contributed by atoms with E-state index < -0.39 is 5.97 Å². The Hall–Kier alpha value is -1.72. The molecule has 4 nitrogen and oxygen atoms in total. The van der Waals surface area contributed by atoms with Gasteiger partial charge in [0.25, 0.3) is 5.91 Å². The molecule has 0 unspecified atom stereocenters. The second-order valence-electron chi connectivity index (χ2n) is 5.62. The predicted octanol–water partition coefficient (Wildman–Crippen LogP) is 4.43. The fourth-order valence-corrected chi connectivity index (χ4v) is 3.71. The average Bonchev–Trinajstić information content (AvgIpc) is 2.62. The third-order valence-electron chi connectivity index (χ3n) is 3.88. The van der Waals surface area contributed by atoms with E-state index in [4.69, 9.17) is 16.3 Å². The van der Waals surface area contributed by atoms with E-state index in [-0.39, 0.29) is 24.3 Å². The maximum absolute atomic E-state index is 11.9. The summed E-state index contributed by atoms with van der Waals surface area (Å²) in [7, 11) is 0. The molecule has 0 saturated heterocycles. The fraction of sp³-hybridized carbons (Fsp3) is 0.368. The van der Waals surface area contributed by atoms with Crippen LogP contribution in [0.5, 0.6) is 0 Å². The van der Waals surface area contributed by atoms with Crippen molar-refractivity contribution in [3.8, 4) is 0 Å². The van der Waals surface area contributed by atoms with E-state index in [2.05, 4.69) is 5.32 Å². The molecule has 0 saturated carbocycles. The van der Waals surface area contributed by atoms with Gasteiger partial charge in [0.15, 0.2) is 6.61 Å². The zero-order chi connectivity index (χ0) is 18.2. The van der Waals surface area contributed by atoms with Gasteiger partial charge in [-0.25, -0.2) is 0 Å². The first-order valence-electron chi connectivity index (χ1n) is 8.30. The molecule has 25 heavy (non-hydrogen) atoms. The van der Waals surface area contributed by atoms with Crippen molar-refractivity contribution in [1.29, 1.82) is 0 Å². The van der Waals surface area contributed by atoms with Crippen LogP contribution in [-0.2, 0) is 14.3 Å². The number of carbonyl (C=O) groups excluding carboxylic acids is 2. The number of carbonyl (C=O) groups is 2. The molecule has 0 heterocycles. The molecule has 0 fully saturated rings. The number of ether oxygens (including phenoxy) is 1. The Balaban J connectivity index is 1.88. The minimum atomic E-state index is -0.422. The summed E-state index contributed by atoms with van der Waals surface area (Å²) in [5.41, 5.74) is 0. The second-order valence-corrected chi connectivity index (χ2v) is 7.05. The highest BCUT2D eigenvalue weighted by Crippen LogP contribution is 2.33. The molecular weight excluding hydrogens is 358 g/mol. The lowest BCUT2D eigenvalue weighted by Gasteiger charge is -2.14. The third-order valence-corrected chi connectivity index (χ3v) is 5.22. The van der Waals surface area contributed by atoms with Crippen molar-refractivity contribution in [3.05, 3.63) is 41.4 Å². The Labute approximate surface area is 157 Å². The minimum Gasteiger partial charge on any atom is -0.455 e. The Morgan fingerprint density at radius 1 is 1.16 bits per heavy atom. The van der Waals surface area contributed by atoms with Gasteiger partial charge in [0.1, 0.15) is 0 Å². The molecule has 1 amide bonds. The molecule has 0 aliphatic rings. The van der Waals surface area contributed by atoms with Crippen molar-refractivity contribution in [2.75, 3.05) is 12.4 Å². The van der Waals surface area contributed by atoms with E-state index in [1.54, 1.807) is 0 Å². The molecule has 0 aromatic heterocycles. The highest BCUT2D eigenvalue weighted by atomic mass is 35.5. The van der Waals surface area contributed by atoms with E-state index in [0.29, 0.717) is 5.02 Å². The number of esters is 1. The Morgan fingerprint density at radius 3 is 2.52 bits per heavy atom. The molecule has 2 aromatic rings. The van der Waals surface area contributed by atoms with Crippen molar-refractivity contribution in [1.82, 2.24) is 5.32 Å². The summed E-state index contributed by atoms with van der Waals surface area (Å²) in [6, 6.07) is 11.7. The number of thioether (sulfide) groups is 1. The largest absolute Gasteiger partial charge is 0.455 e. The number of benzene rings is 2. The second kappa shape index (κ2) is 9.68. The monoisotopic (exact) mass is 379 g/mol. The number of amides is 1. The summed E-state index contributed by atoms with van der Waals surface area (Å²) in [6.45, 7) is 3.77. The molecule has 134 valence electrons. The zero-order valence-corrected chi connectivity index (χ0v) is 16.0. The van der Waals surface area contributed by atoms with Crippen LogP contribution in [0.2, 0.25) is 5.02 Å². The van der Waals surface area contributed by atoms with E-state index in [0.717, 1.165) is 28.5 Å². The number of nitrogens with one attached hydrogen (secondary N) is 1. The van der Waals surface area contributed by atoms with Crippen LogP contribution in [0.1, 0.15) is 26.7 Å². The molecule has 0 aliphatic carbocycles. The van der Waals surface area contributed by atoms with E-state index in [9.17, 15) is 9.59 Å². The Kier molecular flexibility index (Phi) is 7.59. The van der Waals surface area contributed by atoms with E-state index >= 15 is 0 Å². The molecule has 2 aromatic carbocycles. The Morgan fingerprint density at radius 2 is 1.84 bits per heavy atom. The van der Waals surface area contributed by atoms with Gasteiger partial charge in [-0.3, -0.25) is 9.59 Å². The van der Waals surface area contributed by atoms with Crippen LogP contribution in [-0.4, -0.2) is 30.3 Å². The van der Waals surface area contributed by atoms with Crippen LogP contribution in [0.3, 0.4) is 0 Å². The van der Waals surface area contributed by atoms with Crippen molar-refractivity contribution in [2.45, 2.75) is 37.6 Å². The summed E-state index contributed by atoms with van der Waals surface area (Å²) < 4.78 is 5.05. The van der Waals surface area contributed by atoms with Crippen molar-refractivity contribution in [3.63, 3.8) is 0 Å². The van der Waals surface area contributed by atoms with Crippen LogP contribution in [0, 0.1) is 0 Å². The van der Waals surface area contributed by atoms with Gasteiger partial charge in [0.05, 0.1) is 5.75 Å². The quantitative estimate of drug-likeness (QED) is 0.544. The smallest absolute Gasteiger partial charge is 0.316 e. The molecule has 0 aliphatic heterocycles. The minimum absolute atomic E-state index is 0.124. The molecule has 6 heteroatoms. The molecule has 1 N–H and O–H groups in total. The number of hydrogen-bond donors (Lipinski definition) is 1. The van der Waals surface area contributed by atoms with Crippen LogP contribution in [0.4, 0.5) is 0 Å². The highest BCUT2D eigenvalue weighted by Gasteiger charge is 2.12. The summed E-state index contributed by atoms with van der Waals surface area (Å²) in [5.74, 6) is -0.559. The first-order valence-corrected chi connectivity index (χ1v) is 9.66. The van der Waals surface area contributed by atoms with Gasteiger partial charge < -0.3 is 10.1 Å². The molecule has 2 rings (SSSR count). The molecule has 0 radical (unpaired) electrons. The van der Waals surface area contributed by atoms with Crippen LogP contribution in [0.15, 0.2) is 41.3 Å². The number of rotatable bonds is 8. The first kappa shape index (κ1) is 19.6. The SMILES string of the molecule is CCC(CC)NC(=O)COC(=O)CSc1cccc2cccc(Cl)c12. The van der Waals surface area contributed by atoms with Gasteiger partial charge in [-0.2, -0.15) is 0 Å². The maximum Gasteiger partial charge on any atom is 0.316 e. The Bertz CT molecular complexity index is 741. The van der Waals surface area contributed by atoms with Crippen LogP contribution >= 0.6 is 23.4 Å². The zero-order valence-electron chi connectivity index (χ0n) is 14.4. The standard InChI is InChI=1S/C19H22ClNO3S/c1-3-14(4-2)21-17(22)11-24-18(23)12-25-16-10-6-8-13-7-5-9-15(20)19(13)16/h5-10,14H,3-4,11-12H2,1-2H3,(H,21,22). The van der Waals surface area contributed by atoms with Gasteiger partial charge in [0, 0.05) is 21.3 Å². The normalized spacial score (nSPS) is 10.9. The molecule has 0 bridgehead atoms. The van der Waals surface area contributed by atoms with Crippen molar-refractivity contribution in [2.24, 2.45) is 0 Å². The summed E-state index contributed by atoms with van der Waals surface area (Å²) in [5, 5.41) is 5.44. The molecular formula is C19H22ClNO3S. The van der Waals surface area contributed by atoms with Gasteiger partial charge in [-0.15, -0.1) is 11.8 Å². The number of fused-ring (bicyclic) bond motifs is 1. The van der Waals surface area contributed by atoms with Gasteiger partial charge in [-0.1, -0.05) is 49.7 Å². The van der Waals surface area contributed by atoms with Crippen LogP contribution < -0.4 is 5.32 Å². The summed E-state index contributed by atoms with van der Waals surface area (Å²) >= 11 is 7.63. The van der Waals surface area contributed by atoms with Gasteiger partial charge in [-0.05, 0) is 30.4 Å². The van der Waals surface area contributed by atoms with E-state index in [1.165, 1.54) is 11.8 Å². The van der Waals surface area contributed by atoms with Crippen molar-refractivity contribution >= 4 is 46.0 Å². The summed E-state index contributed by atoms with van der Waals surface area (Å²) in [6.07, 6.45) is 1.71. The highest BCUT2D eigenvalue weighted by molar-refractivity contribution is 8.00. The summed E-state index contributed by atoms with van der Waals surface area (Å²) in [4.78, 5) is 24.6. The first-order chi connectivity index (χ1) is 12.0. The lowest BCUT2D eigenvalue weighted by molar-refractivity contribution is -0.146. The van der Waals surface area contributed by atoms with Gasteiger partial charge in [0.2, 0.25) is 0 Å². The molecule has 0 atom stereocenters. The lowest BCUT2D eigenvalue weighted by atomic mass is 10.1. The predicted molar refractivity (Wildman–Crippen MR) is 103 cm³/mol. The van der Waals surface area contributed by atoms with Crippen LogP contribution in [0.25, 0.3) is 10.8 Å². The van der Waals surface area contributed by atoms with E-state index in [1.807, 2.05) is 50.2 Å². The lowest BCUT2D eigenvalue weighted by Crippen LogP contribution is -2.37. The maximum atomic E-state index is 11.9. The third kappa shape index (κ3) is 5.65. The fourth-order valence-electron chi connectivity index (χ4n) is 2.47. The number of halogens is 1. The topological polar surface area (TPSA) is 55.4 Å². The van der Waals surface area contributed by atoms with Crippen molar-refractivity contribution < 1.29 is 14.3 Å². The number of hydrogen-bond acceptors (Lipinski definition) is 4.